The average Bonchev–Trinajstić information content (AvgIpc) is 3.42. The second-order valence-corrected chi connectivity index (χ2v) is 19.3. The number of hydrogen-bond donors (Lipinski definition) is 16. The number of Topliss-reactive ketones (excluding diaryl/α,β-unsaturated/α-hetero) is 3. The van der Waals surface area contributed by atoms with Gasteiger partial charge in [-0.3, -0.25) is 38.5 Å². The van der Waals surface area contributed by atoms with Crippen LogP contribution in [0.4, 0.5) is 0 Å². The van der Waals surface area contributed by atoms with Crippen LogP contribution in [0.5, 0.6) is 0 Å². The Morgan fingerprint density at radius 3 is 1.41 bits per heavy atom. The fourth-order valence-electron chi connectivity index (χ4n) is 8.40. The van der Waals surface area contributed by atoms with E-state index in [0.717, 1.165) is 4.90 Å². The average molecular weight is 1130 g/mol. The maximum atomic E-state index is 13.5. The molecular formula is C48H83N5O25. The first kappa shape index (κ1) is 68.4. The lowest BCUT2D eigenvalue weighted by molar-refractivity contribution is -0.301. The number of aliphatic hydroxyl groups is 12. The van der Waals surface area contributed by atoms with Crippen LogP contribution in [0.1, 0.15) is 84.0 Å². The van der Waals surface area contributed by atoms with Gasteiger partial charge in [-0.15, -0.1) is 0 Å². The summed E-state index contributed by atoms with van der Waals surface area (Å²) in [7, 11) is 0. The van der Waals surface area contributed by atoms with E-state index in [-0.39, 0.29) is 83.1 Å². The molecule has 3 fully saturated rings. The molecule has 0 aromatic carbocycles. The summed E-state index contributed by atoms with van der Waals surface area (Å²) < 4.78 is 32.2. The fraction of sp³-hybridized carbons (Fsp3) is 0.854. The zero-order chi connectivity index (χ0) is 57.9. The molecule has 30 nitrogen and oxygen atoms in total. The Balaban J connectivity index is 1.59. The number of rotatable bonds is 38. The van der Waals surface area contributed by atoms with Crippen LogP contribution in [-0.4, -0.2) is 284 Å². The van der Waals surface area contributed by atoms with E-state index < -0.39 is 173 Å². The van der Waals surface area contributed by atoms with E-state index in [4.69, 9.17) is 28.4 Å². The molecule has 78 heavy (non-hydrogen) atoms. The van der Waals surface area contributed by atoms with Crippen molar-refractivity contribution < 1.29 is 123 Å². The zero-order valence-corrected chi connectivity index (χ0v) is 43.8. The first-order valence-electron chi connectivity index (χ1n) is 26.3. The van der Waals surface area contributed by atoms with Gasteiger partial charge in [0, 0.05) is 45.2 Å². The number of nitrogens with one attached hydrogen (secondary N) is 4. The Labute approximate surface area is 450 Å². The third-order valence-electron chi connectivity index (χ3n) is 13.0. The maximum Gasteiger partial charge on any atom is 0.239 e. The standard InChI is InChI=1S/C48H83N5O25/c1-2-26(57)9-3-4-13-33(60)49-14-6-5-11-28(29(59)12-8-17-74-47-44(71)41(68)38(65)31(24-55)77-47)52-34(61)19-51-36(63)22-53(20-27(58)10-7-16-73-46-43(70)40(67)37(64)30(23-54)76-46)21-35(62)50-15-18-75-48-45(72)42(69)39(66)32(25-56)78-48/h28,30-32,37-48,54-56,64-72H,2-25H2,1H3,(H,49,60)(H,50,62)(H,51,63)(H,52,61)/t28-,30+,31+,32+,37+,38+,39+,40-,41-,42-,43+,44+,45+,46+,47+,48+/m0/s1. The molecule has 0 aliphatic carbocycles. The molecular weight excluding hydrogens is 1050 g/mol. The molecule has 3 heterocycles. The zero-order valence-electron chi connectivity index (χ0n) is 43.8. The highest BCUT2D eigenvalue weighted by Crippen LogP contribution is 2.25. The lowest BCUT2D eigenvalue weighted by Crippen LogP contribution is -2.59. The van der Waals surface area contributed by atoms with Crippen LogP contribution in [0.25, 0.3) is 0 Å². The quantitative estimate of drug-likeness (QED) is 0.0255. The predicted octanol–water partition coefficient (Wildman–Crippen LogP) is -8.02. The minimum Gasteiger partial charge on any atom is -0.394 e. The molecule has 0 spiro atoms. The molecule has 16 atom stereocenters. The Hall–Kier alpha value is -3.87. The molecule has 0 radical (unpaired) electrons. The summed E-state index contributed by atoms with van der Waals surface area (Å²) in [5, 5.41) is 130. The van der Waals surface area contributed by atoms with Crippen LogP contribution < -0.4 is 21.3 Å². The molecule has 3 rings (SSSR count). The highest BCUT2D eigenvalue weighted by atomic mass is 16.7. The van der Waals surface area contributed by atoms with Crippen molar-refractivity contribution in [2.45, 2.75) is 182 Å². The fourth-order valence-corrected chi connectivity index (χ4v) is 8.40. The van der Waals surface area contributed by atoms with E-state index in [1.165, 1.54) is 0 Å². The molecule has 0 aromatic heterocycles. The summed E-state index contributed by atoms with van der Waals surface area (Å²) >= 11 is 0. The van der Waals surface area contributed by atoms with E-state index in [1.807, 2.05) is 0 Å². The minimum absolute atomic E-state index is 0.0125. The van der Waals surface area contributed by atoms with Crippen molar-refractivity contribution in [2.75, 3.05) is 78.9 Å². The van der Waals surface area contributed by atoms with Gasteiger partial charge in [-0.25, -0.2) is 0 Å². The van der Waals surface area contributed by atoms with Crippen molar-refractivity contribution in [2.24, 2.45) is 0 Å². The summed E-state index contributed by atoms with van der Waals surface area (Å²) in [6.07, 6.45) is -20.3. The van der Waals surface area contributed by atoms with E-state index in [9.17, 15) is 94.8 Å². The van der Waals surface area contributed by atoms with Gasteiger partial charge < -0.3 is 111 Å². The lowest BCUT2D eigenvalue weighted by atomic mass is 9.99. The van der Waals surface area contributed by atoms with Crippen LogP contribution in [0.2, 0.25) is 0 Å². The summed E-state index contributed by atoms with van der Waals surface area (Å²) in [4.78, 5) is 91.4. The van der Waals surface area contributed by atoms with Crippen molar-refractivity contribution >= 4 is 41.0 Å². The van der Waals surface area contributed by atoms with Gasteiger partial charge in [0.1, 0.15) is 84.8 Å². The smallest absolute Gasteiger partial charge is 0.239 e. The molecule has 3 saturated heterocycles. The van der Waals surface area contributed by atoms with E-state index >= 15 is 0 Å². The third-order valence-corrected chi connectivity index (χ3v) is 13.0. The summed E-state index contributed by atoms with van der Waals surface area (Å²) in [6.45, 7) is -3.31. The summed E-state index contributed by atoms with van der Waals surface area (Å²) in [6, 6.07) is -1.10. The van der Waals surface area contributed by atoms with Gasteiger partial charge in [0.05, 0.1) is 71.9 Å². The molecule has 3 aliphatic heterocycles. The normalized spacial score (nSPS) is 29.6. The highest BCUT2D eigenvalue weighted by Gasteiger charge is 2.46. The van der Waals surface area contributed by atoms with Gasteiger partial charge in [-0.05, 0) is 44.9 Å². The summed E-state index contributed by atoms with van der Waals surface area (Å²) in [5.41, 5.74) is 0. The van der Waals surface area contributed by atoms with Gasteiger partial charge in [-0.2, -0.15) is 0 Å². The molecule has 0 unspecified atom stereocenters. The molecule has 0 saturated carbocycles. The van der Waals surface area contributed by atoms with E-state index in [1.54, 1.807) is 6.92 Å². The number of carbonyl (C=O) groups excluding carboxylic acids is 7. The first-order valence-corrected chi connectivity index (χ1v) is 26.3. The molecule has 0 bridgehead atoms. The van der Waals surface area contributed by atoms with Crippen LogP contribution in [0, 0.1) is 0 Å². The lowest BCUT2D eigenvalue weighted by Gasteiger charge is -2.39. The number of unbranched alkanes of at least 4 members (excludes halogenated alkanes) is 2. The van der Waals surface area contributed by atoms with Gasteiger partial charge in [0.2, 0.25) is 23.6 Å². The predicted molar refractivity (Wildman–Crippen MR) is 263 cm³/mol. The third kappa shape index (κ3) is 23.3. The van der Waals surface area contributed by atoms with Crippen LogP contribution in [-0.2, 0) is 62.0 Å². The van der Waals surface area contributed by atoms with Crippen LogP contribution >= 0.6 is 0 Å². The Bertz CT molecular complexity index is 1780. The maximum absolute atomic E-state index is 13.5. The van der Waals surface area contributed by atoms with E-state index in [2.05, 4.69) is 21.3 Å². The highest BCUT2D eigenvalue weighted by molar-refractivity contribution is 5.91. The number of ketones is 3. The van der Waals surface area contributed by atoms with Crippen molar-refractivity contribution in [1.82, 2.24) is 26.2 Å². The Kier molecular flexibility index (Phi) is 32.0. The van der Waals surface area contributed by atoms with Gasteiger partial charge >= 0.3 is 0 Å². The van der Waals surface area contributed by atoms with Crippen LogP contribution in [0.3, 0.4) is 0 Å². The second-order valence-electron chi connectivity index (χ2n) is 19.3. The van der Waals surface area contributed by atoms with Gasteiger partial charge in [0.15, 0.2) is 24.7 Å². The van der Waals surface area contributed by atoms with Gasteiger partial charge in [-0.1, -0.05) is 6.92 Å². The Morgan fingerprint density at radius 1 is 0.462 bits per heavy atom. The first-order chi connectivity index (χ1) is 37.1. The molecule has 4 amide bonds. The Morgan fingerprint density at radius 2 is 0.910 bits per heavy atom. The van der Waals surface area contributed by atoms with Crippen LogP contribution in [0.15, 0.2) is 0 Å². The molecule has 30 heteroatoms. The number of hydrogen-bond acceptors (Lipinski definition) is 26. The number of nitrogens with zero attached hydrogens (tertiary/aromatic N) is 1. The van der Waals surface area contributed by atoms with E-state index in [0.29, 0.717) is 38.5 Å². The molecule has 16 N–H and O–H groups in total. The summed E-state index contributed by atoms with van der Waals surface area (Å²) in [5.74, 6) is -3.41. The van der Waals surface area contributed by atoms with Crippen molar-refractivity contribution in [3.05, 3.63) is 0 Å². The molecule has 3 aliphatic rings. The largest absolute Gasteiger partial charge is 0.394 e. The van der Waals surface area contributed by atoms with Crippen molar-refractivity contribution in [3.8, 4) is 0 Å². The number of amides is 4. The van der Waals surface area contributed by atoms with Crippen molar-refractivity contribution in [1.29, 1.82) is 0 Å². The monoisotopic (exact) mass is 1130 g/mol. The topological polar surface area (TPSA) is 469 Å². The minimum atomic E-state index is -1.71. The number of carbonyl (C=O) groups is 7. The SMILES string of the molecule is CCC(=O)CCCCC(=O)NCCCC[C@H](NC(=O)CNC(=O)CN(CC(=O)CCCO[C@@H]1O[C@H](CO)[C@@H](O)[C@H](O)[C@H]1O)CC(=O)NCCO[C@@H]1O[C@H](CO)[C@@H](O)[C@H](O)[C@H]1O)C(=O)CCCO[C@@H]1O[C@H](CO)[C@@H](O)[C@H](O)[C@H]1O. The second kappa shape index (κ2) is 36.5. The molecule has 0 aromatic rings. The number of aliphatic hydroxyl groups excluding tert-OH is 12. The molecule has 450 valence electrons. The van der Waals surface area contributed by atoms with Gasteiger partial charge in [0.25, 0.3) is 0 Å². The number of ether oxygens (including phenoxy) is 6. The van der Waals surface area contributed by atoms with Crippen molar-refractivity contribution in [3.63, 3.8) is 0 Å².